The number of likely N-dealkylation sites (N-methyl/N-ethyl adjacent to an activating group) is 1. The van der Waals surface area contributed by atoms with E-state index in [-0.39, 0.29) is 0 Å². The molecular formula is C30H34N8. The SMILES string of the molecule is C=C(CC(C)C)Nc1cncc(-c2ccc3[nH]nc(-c4cc5c(N6CCN(C)CC6)nccc5[nH]4)c3c2)c1. The highest BCUT2D eigenvalue weighted by atomic mass is 15.3. The first kappa shape index (κ1) is 24.2. The van der Waals surface area contributed by atoms with E-state index in [0.717, 1.165) is 94.1 Å². The van der Waals surface area contributed by atoms with E-state index in [0.29, 0.717) is 5.92 Å². The van der Waals surface area contributed by atoms with Crippen molar-refractivity contribution >= 4 is 33.3 Å². The number of H-pyrrole nitrogens is 2. The lowest BCUT2D eigenvalue weighted by Gasteiger charge is -2.33. The number of fused-ring (bicyclic) bond motifs is 2. The van der Waals surface area contributed by atoms with Crippen LogP contribution in [-0.4, -0.2) is 63.3 Å². The van der Waals surface area contributed by atoms with Gasteiger partial charge in [0.1, 0.15) is 11.5 Å². The summed E-state index contributed by atoms with van der Waals surface area (Å²) in [5, 5.41) is 13.5. The molecule has 3 N–H and O–H groups in total. The average Bonchev–Trinajstić information content (AvgIpc) is 3.52. The maximum Gasteiger partial charge on any atom is 0.138 e. The third kappa shape index (κ3) is 4.75. The van der Waals surface area contributed by atoms with E-state index in [2.05, 4.69) is 88.0 Å². The second-order valence-corrected chi connectivity index (χ2v) is 10.7. The zero-order valence-corrected chi connectivity index (χ0v) is 22.3. The highest BCUT2D eigenvalue weighted by Crippen LogP contribution is 2.34. The first-order valence-corrected chi connectivity index (χ1v) is 13.2. The third-order valence-corrected chi connectivity index (χ3v) is 7.20. The van der Waals surface area contributed by atoms with Gasteiger partial charge in [-0.25, -0.2) is 4.98 Å². The highest BCUT2D eigenvalue weighted by Gasteiger charge is 2.20. The van der Waals surface area contributed by atoms with Crippen LogP contribution in [0.5, 0.6) is 0 Å². The van der Waals surface area contributed by atoms with Gasteiger partial charge in [0.2, 0.25) is 0 Å². The van der Waals surface area contributed by atoms with Crippen molar-refractivity contribution in [2.24, 2.45) is 5.92 Å². The van der Waals surface area contributed by atoms with Crippen LogP contribution in [0.1, 0.15) is 20.3 Å². The molecule has 1 saturated heterocycles. The largest absolute Gasteiger partial charge is 0.358 e. The number of rotatable bonds is 7. The number of pyridine rings is 2. The highest BCUT2D eigenvalue weighted by molar-refractivity contribution is 6.00. The average molecular weight is 507 g/mol. The van der Waals surface area contributed by atoms with Gasteiger partial charge in [-0.05, 0) is 55.3 Å². The number of piperazine rings is 1. The molecule has 0 unspecified atom stereocenters. The molecule has 0 spiro atoms. The summed E-state index contributed by atoms with van der Waals surface area (Å²) in [5.74, 6) is 1.58. The second-order valence-electron chi connectivity index (χ2n) is 10.7. The fourth-order valence-corrected chi connectivity index (χ4v) is 5.25. The molecule has 8 heteroatoms. The second kappa shape index (κ2) is 9.95. The topological polar surface area (TPSA) is 88.8 Å². The molecule has 38 heavy (non-hydrogen) atoms. The molecule has 1 aliphatic heterocycles. The van der Waals surface area contributed by atoms with Gasteiger partial charge in [0, 0.05) is 60.6 Å². The van der Waals surface area contributed by atoms with Gasteiger partial charge in [-0.15, -0.1) is 0 Å². The Labute approximate surface area is 222 Å². The number of hydrogen-bond acceptors (Lipinski definition) is 6. The van der Waals surface area contributed by atoms with Gasteiger partial charge in [-0.2, -0.15) is 5.10 Å². The minimum absolute atomic E-state index is 0.547. The van der Waals surface area contributed by atoms with Crippen LogP contribution in [0.3, 0.4) is 0 Å². The fraction of sp³-hybridized carbons (Fsp3) is 0.300. The van der Waals surface area contributed by atoms with Crippen LogP contribution in [0.2, 0.25) is 0 Å². The number of benzene rings is 1. The van der Waals surface area contributed by atoms with Gasteiger partial charge in [0.15, 0.2) is 0 Å². The number of nitrogens with one attached hydrogen (secondary N) is 3. The summed E-state index contributed by atoms with van der Waals surface area (Å²) in [6.45, 7) is 12.6. The van der Waals surface area contributed by atoms with Gasteiger partial charge in [-0.3, -0.25) is 10.1 Å². The van der Waals surface area contributed by atoms with E-state index < -0.39 is 0 Å². The summed E-state index contributed by atoms with van der Waals surface area (Å²) in [6.07, 6.45) is 6.55. The van der Waals surface area contributed by atoms with Crippen molar-refractivity contribution in [3.8, 4) is 22.5 Å². The minimum Gasteiger partial charge on any atom is -0.358 e. The molecule has 0 bridgehead atoms. The van der Waals surface area contributed by atoms with Crippen LogP contribution in [-0.2, 0) is 0 Å². The molecular weight excluding hydrogens is 472 g/mol. The van der Waals surface area contributed by atoms with Crippen molar-refractivity contribution in [2.75, 3.05) is 43.4 Å². The molecule has 0 saturated carbocycles. The van der Waals surface area contributed by atoms with E-state index in [9.17, 15) is 0 Å². The molecule has 0 radical (unpaired) electrons. The standard InChI is InChI=1S/C30H34N8/c1-19(2)13-20(3)33-23-14-22(17-31-18-23)21-5-6-27-24(15-21)29(36-35-27)28-16-25-26(34-28)7-8-32-30(25)38-11-9-37(4)10-12-38/h5-8,14-19,33-34H,3,9-13H2,1-2,4H3,(H,35,36). The summed E-state index contributed by atoms with van der Waals surface area (Å²) in [5.41, 5.74) is 8.01. The predicted molar refractivity (Wildman–Crippen MR) is 156 cm³/mol. The number of nitrogens with zero attached hydrogens (tertiary/aromatic N) is 5. The number of aromatic nitrogens is 5. The first-order chi connectivity index (χ1) is 18.4. The van der Waals surface area contributed by atoms with Crippen molar-refractivity contribution in [3.63, 3.8) is 0 Å². The normalized spacial score (nSPS) is 14.6. The zero-order chi connectivity index (χ0) is 26.2. The summed E-state index contributed by atoms with van der Waals surface area (Å²) < 4.78 is 0. The molecule has 5 aromatic rings. The van der Waals surface area contributed by atoms with Crippen molar-refractivity contribution in [1.82, 2.24) is 30.0 Å². The summed E-state index contributed by atoms with van der Waals surface area (Å²) >= 11 is 0. The number of hydrogen-bond donors (Lipinski definition) is 3. The Hall–Kier alpha value is -4.17. The summed E-state index contributed by atoms with van der Waals surface area (Å²) in [6, 6.07) is 12.7. The zero-order valence-electron chi connectivity index (χ0n) is 22.3. The van der Waals surface area contributed by atoms with Crippen LogP contribution in [0.4, 0.5) is 11.5 Å². The molecule has 5 heterocycles. The number of aromatic amines is 2. The van der Waals surface area contributed by atoms with Crippen molar-refractivity contribution in [3.05, 3.63) is 67.3 Å². The van der Waals surface area contributed by atoms with E-state index in [1.165, 1.54) is 0 Å². The molecule has 6 rings (SSSR count). The Bertz CT molecular complexity index is 1600. The van der Waals surface area contributed by atoms with E-state index in [1.807, 2.05) is 24.7 Å². The number of anilines is 2. The molecule has 4 aromatic heterocycles. The molecule has 194 valence electrons. The van der Waals surface area contributed by atoms with Crippen molar-refractivity contribution < 1.29 is 0 Å². The van der Waals surface area contributed by atoms with E-state index in [1.54, 1.807) is 0 Å². The van der Waals surface area contributed by atoms with Crippen LogP contribution in [0.25, 0.3) is 44.3 Å². The third-order valence-electron chi connectivity index (χ3n) is 7.20. The maximum atomic E-state index is 4.75. The van der Waals surface area contributed by atoms with Gasteiger partial charge in [0.05, 0.1) is 28.6 Å². The Balaban J connectivity index is 1.34. The maximum absolute atomic E-state index is 4.75. The Morgan fingerprint density at radius 2 is 1.84 bits per heavy atom. The van der Waals surface area contributed by atoms with Crippen LogP contribution in [0, 0.1) is 5.92 Å². The monoisotopic (exact) mass is 506 g/mol. The van der Waals surface area contributed by atoms with Gasteiger partial charge in [0.25, 0.3) is 0 Å². The summed E-state index contributed by atoms with van der Waals surface area (Å²) in [7, 11) is 2.17. The molecule has 1 aromatic carbocycles. The Morgan fingerprint density at radius 3 is 2.66 bits per heavy atom. The molecule has 0 aliphatic carbocycles. The Morgan fingerprint density at radius 1 is 1.00 bits per heavy atom. The lowest BCUT2D eigenvalue weighted by Crippen LogP contribution is -2.44. The van der Waals surface area contributed by atoms with Gasteiger partial charge >= 0.3 is 0 Å². The van der Waals surface area contributed by atoms with Gasteiger partial charge < -0.3 is 20.1 Å². The number of allylic oxidation sites excluding steroid dienone is 1. The fourth-order valence-electron chi connectivity index (χ4n) is 5.25. The van der Waals surface area contributed by atoms with Gasteiger partial charge in [-0.1, -0.05) is 26.5 Å². The molecule has 8 nitrogen and oxygen atoms in total. The van der Waals surface area contributed by atoms with Crippen LogP contribution < -0.4 is 10.2 Å². The minimum atomic E-state index is 0.547. The van der Waals surface area contributed by atoms with E-state index in [4.69, 9.17) is 10.1 Å². The Kier molecular flexibility index (Phi) is 6.33. The first-order valence-electron chi connectivity index (χ1n) is 13.2. The molecule has 1 fully saturated rings. The smallest absolute Gasteiger partial charge is 0.138 e. The van der Waals surface area contributed by atoms with Crippen molar-refractivity contribution in [1.29, 1.82) is 0 Å². The summed E-state index contributed by atoms with van der Waals surface area (Å²) in [4.78, 5) is 17.6. The van der Waals surface area contributed by atoms with Crippen molar-refractivity contribution in [2.45, 2.75) is 20.3 Å². The van der Waals surface area contributed by atoms with E-state index >= 15 is 0 Å². The quantitative estimate of drug-likeness (QED) is 0.255. The van der Waals surface area contributed by atoms with Crippen LogP contribution in [0.15, 0.2) is 67.3 Å². The molecule has 1 aliphatic rings. The lowest BCUT2D eigenvalue weighted by molar-refractivity contribution is 0.312. The molecule has 0 amide bonds. The van der Waals surface area contributed by atoms with Crippen LogP contribution >= 0.6 is 0 Å². The predicted octanol–water partition coefficient (Wildman–Crippen LogP) is 5.89. The molecule has 0 atom stereocenters. The lowest BCUT2D eigenvalue weighted by atomic mass is 10.0.